The van der Waals surface area contributed by atoms with Crippen molar-refractivity contribution in [2.45, 2.75) is 25.8 Å². The van der Waals surface area contributed by atoms with Crippen molar-refractivity contribution in [3.05, 3.63) is 29.8 Å². The van der Waals surface area contributed by atoms with Gasteiger partial charge >= 0.3 is 5.97 Å². The summed E-state index contributed by atoms with van der Waals surface area (Å²) < 4.78 is 5.30. The van der Waals surface area contributed by atoms with Gasteiger partial charge in [0.05, 0.1) is 19.6 Å². The number of nitrogens with one attached hydrogen (secondary N) is 2. The van der Waals surface area contributed by atoms with Gasteiger partial charge in [-0.2, -0.15) is 0 Å². The van der Waals surface area contributed by atoms with Crippen LogP contribution in [0.2, 0.25) is 0 Å². The van der Waals surface area contributed by atoms with E-state index < -0.39 is 12.0 Å². The average molecular weight is 349 g/mol. The first-order valence-corrected chi connectivity index (χ1v) is 8.67. The van der Waals surface area contributed by atoms with E-state index in [0.717, 1.165) is 44.8 Å². The quantitative estimate of drug-likeness (QED) is 0.578. The van der Waals surface area contributed by atoms with Gasteiger partial charge in [0.25, 0.3) is 0 Å². The SMILES string of the molecule is Cc1ccc(NC(=O)CC(NCCCN2CCOCC2)C(=O)O)cc1. The molecule has 1 amide bonds. The smallest absolute Gasteiger partial charge is 0.321 e. The Bertz CT molecular complexity index is 556. The van der Waals surface area contributed by atoms with E-state index in [9.17, 15) is 14.7 Å². The van der Waals surface area contributed by atoms with E-state index >= 15 is 0 Å². The van der Waals surface area contributed by atoms with Crippen LogP contribution in [0.4, 0.5) is 5.69 Å². The minimum atomic E-state index is -1.01. The number of rotatable bonds is 9. The minimum Gasteiger partial charge on any atom is -0.480 e. The molecule has 138 valence electrons. The Labute approximate surface area is 148 Å². The molecule has 0 spiro atoms. The molecule has 1 fully saturated rings. The Morgan fingerprint density at radius 1 is 1.24 bits per heavy atom. The van der Waals surface area contributed by atoms with Crippen molar-refractivity contribution in [2.75, 3.05) is 44.7 Å². The van der Waals surface area contributed by atoms with Crippen molar-refractivity contribution in [1.29, 1.82) is 0 Å². The maximum Gasteiger partial charge on any atom is 0.321 e. The second kappa shape index (κ2) is 10.1. The fourth-order valence-corrected chi connectivity index (χ4v) is 2.68. The molecule has 0 radical (unpaired) electrons. The predicted octanol–water partition coefficient (Wildman–Crippen LogP) is 1.09. The summed E-state index contributed by atoms with van der Waals surface area (Å²) >= 11 is 0. The van der Waals surface area contributed by atoms with Gasteiger partial charge < -0.3 is 20.5 Å². The lowest BCUT2D eigenvalue weighted by molar-refractivity contribution is -0.141. The second-order valence-electron chi connectivity index (χ2n) is 6.27. The van der Waals surface area contributed by atoms with Crippen molar-refractivity contribution in [2.24, 2.45) is 0 Å². The van der Waals surface area contributed by atoms with E-state index in [1.165, 1.54) is 0 Å². The molecule has 7 nitrogen and oxygen atoms in total. The summed E-state index contributed by atoms with van der Waals surface area (Å²) in [5.41, 5.74) is 1.77. The number of carboxylic acid groups (broad SMARTS) is 1. The van der Waals surface area contributed by atoms with Crippen LogP contribution in [0.1, 0.15) is 18.4 Å². The highest BCUT2D eigenvalue weighted by Crippen LogP contribution is 2.09. The molecule has 0 aliphatic carbocycles. The number of ether oxygens (including phenoxy) is 1. The van der Waals surface area contributed by atoms with Gasteiger partial charge in [0, 0.05) is 18.8 Å². The summed E-state index contributed by atoms with van der Waals surface area (Å²) in [5, 5.41) is 15.0. The number of carbonyl (C=O) groups is 2. The van der Waals surface area contributed by atoms with E-state index in [2.05, 4.69) is 15.5 Å². The molecule has 25 heavy (non-hydrogen) atoms. The topological polar surface area (TPSA) is 90.9 Å². The second-order valence-corrected chi connectivity index (χ2v) is 6.27. The molecule has 1 aromatic rings. The molecular formula is C18H27N3O4. The number of benzene rings is 1. The van der Waals surface area contributed by atoms with Crippen LogP contribution in [0.5, 0.6) is 0 Å². The van der Waals surface area contributed by atoms with Crippen LogP contribution in [-0.2, 0) is 14.3 Å². The Balaban J connectivity index is 1.70. The number of anilines is 1. The van der Waals surface area contributed by atoms with Gasteiger partial charge in [-0.3, -0.25) is 14.5 Å². The maximum atomic E-state index is 12.1. The van der Waals surface area contributed by atoms with Crippen molar-refractivity contribution in [3.8, 4) is 0 Å². The zero-order chi connectivity index (χ0) is 18.1. The molecule has 1 saturated heterocycles. The van der Waals surface area contributed by atoms with E-state index in [4.69, 9.17) is 4.74 Å². The zero-order valence-corrected chi connectivity index (χ0v) is 14.7. The van der Waals surface area contributed by atoms with E-state index in [0.29, 0.717) is 12.2 Å². The minimum absolute atomic E-state index is 0.0965. The summed E-state index contributed by atoms with van der Waals surface area (Å²) in [7, 11) is 0. The Morgan fingerprint density at radius 3 is 2.56 bits per heavy atom. The Kier molecular flexibility index (Phi) is 7.84. The van der Waals surface area contributed by atoms with Crippen molar-refractivity contribution >= 4 is 17.6 Å². The first kappa shape index (κ1) is 19.4. The lowest BCUT2D eigenvalue weighted by atomic mass is 10.1. The van der Waals surface area contributed by atoms with Crippen LogP contribution in [0.3, 0.4) is 0 Å². The number of carboxylic acids is 1. The molecule has 3 N–H and O–H groups in total. The number of hydrogen-bond donors (Lipinski definition) is 3. The van der Waals surface area contributed by atoms with Crippen LogP contribution in [0.25, 0.3) is 0 Å². The number of aryl methyl sites for hydroxylation is 1. The molecule has 1 aliphatic heterocycles. The highest BCUT2D eigenvalue weighted by molar-refractivity contribution is 5.94. The molecule has 2 rings (SSSR count). The Hall–Kier alpha value is -1.96. The van der Waals surface area contributed by atoms with Crippen LogP contribution < -0.4 is 10.6 Å². The van der Waals surface area contributed by atoms with Crippen LogP contribution in [0, 0.1) is 6.92 Å². The van der Waals surface area contributed by atoms with Crippen molar-refractivity contribution in [3.63, 3.8) is 0 Å². The summed E-state index contributed by atoms with van der Waals surface area (Å²) in [6.45, 7) is 6.77. The van der Waals surface area contributed by atoms with Gasteiger partial charge in [-0.05, 0) is 38.6 Å². The number of hydrogen-bond acceptors (Lipinski definition) is 5. The number of nitrogens with zero attached hydrogens (tertiary/aromatic N) is 1. The molecule has 1 heterocycles. The largest absolute Gasteiger partial charge is 0.480 e. The van der Waals surface area contributed by atoms with Crippen molar-refractivity contribution in [1.82, 2.24) is 10.2 Å². The summed E-state index contributed by atoms with van der Waals surface area (Å²) in [4.78, 5) is 25.7. The molecule has 1 aliphatic rings. The third-order valence-electron chi connectivity index (χ3n) is 4.17. The highest BCUT2D eigenvalue weighted by Gasteiger charge is 2.20. The molecule has 7 heteroatoms. The predicted molar refractivity (Wildman–Crippen MR) is 95.7 cm³/mol. The summed E-state index contributed by atoms with van der Waals surface area (Å²) in [6.07, 6.45) is 0.740. The lowest BCUT2D eigenvalue weighted by Gasteiger charge is -2.26. The van der Waals surface area contributed by atoms with Gasteiger partial charge in [0.1, 0.15) is 6.04 Å². The third kappa shape index (κ3) is 7.21. The highest BCUT2D eigenvalue weighted by atomic mass is 16.5. The fourth-order valence-electron chi connectivity index (χ4n) is 2.68. The molecule has 0 aromatic heterocycles. The molecule has 0 saturated carbocycles. The van der Waals surface area contributed by atoms with E-state index in [1.54, 1.807) is 12.1 Å². The number of morpholine rings is 1. The number of amides is 1. The molecular weight excluding hydrogens is 322 g/mol. The average Bonchev–Trinajstić information content (AvgIpc) is 2.60. The normalized spacial score (nSPS) is 16.4. The molecule has 1 unspecified atom stereocenters. The molecule has 1 aromatic carbocycles. The van der Waals surface area contributed by atoms with Gasteiger partial charge in [-0.25, -0.2) is 0 Å². The first-order chi connectivity index (χ1) is 12.0. The zero-order valence-electron chi connectivity index (χ0n) is 14.7. The number of aliphatic carboxylic acids is 1. The van der Waals surface area contributed by atoms with Crippen LogP contribution in [0.15, 0.2) is 24.3 Å². The number of carbonyl (C=O) groups excluding carboxylic acids is 1. The summed E-state index contributed by atoms with van der Waals surface area (Å²) in [5.74, 6) is -1.32. The molecule has 1 atom stereocenters. The van der Waals surface area contributed by atoms with Gasteiger partial charge in [0.2, 0.25) is 5.91 Å². The lowest BCUT2D eigenvalue weighted by Crippen LogP contribution is -2.42. The standard InChI is InChI=1S/C18H27N3O4/c1-14-3-5-15(6-4-14)20-17(22)13-16(18(23)24)19-7-2-8-21-9-11-25-12-10-21/h3-6,16,19H,2,7-13H2,1H3,(H,20,22)(H,23,24). The first-order valence-electron chi connectivity index (χ1n) is 8.67. The summed E-state index contributed by atoms with van der Waals surface area (Å²) in [6, 6.07) is 6.52. The van der Waals surface area contributed by atoms with E-state index in [-0.39, 0.29) is 12.3 Å². The van der Waals surface area contributed by atoms with Crippen molar-refractivity contribution < 1.29 is 19.4 Å². The van der Waals surface area contributed by atoms with Crippen LogP contribution >= 0.6 is 0 Å². The van der Waals surface area contributed by atoms with Gasteiger partial charge in [0.15, 0.2) is 0 Å². The fraction of sp³-hybridized carbons (Fsp3) is 0.556. The maximum absolute atomic E-state index is 12.1. The van der Waals surface area contributed by atoms with Gasteiger partial charge in [-0.1, -0.05) is 17.7 Å². The van der Waals surface area contributed by atoms with E-state index in [1.807, 2.05) is 19.1 Å². The van der Waals surface area contributed by atoms with Crippen LogP contribution in [-0.4, -0.2) is 67.3 Å². The van der Waals surface area contributed by atoms with Gasteiger partial charge in [-0.15, -0.1) is 0 Å². The monoisotopic (exact) mass is 349 g/mol. The Morgan fingerprint density at radius 2 is 1.92 bits per heavy atom. The molecule has 0 bridgehead atoms. The third-order valence-corrected chi connectivity index (χ3v) is 4.17.